The highest BCUT2D eigenvalue weighted by Gasteiger charge is 2.40. The second kappa shape index (κ2) is 10.0. The maximum Gasteiger partial charge on any atom is 0.326 e. The Labute approximate surface area is 140 Å². The molecule has 3 heteroatoms. The molecule has 0 unspecified atom stereocenters. The first kappa shape index (κ1) is 19.2. The average Bonchev–Trinajstić information content (AvgIpc) is 2.60. The fraction of sp³-hybridized carbons (Fsp3) is 0.600. The molecule has 0 aliphatic rings. The molecule has 0 aromatic heterocycles. The third-order valence-corrected chi connectivity index (χ3v) is 4.52. The van der Waals surface area contributed by atoms with Gasteiger partial charge < -0.3 is 4.74 Å². The molecule has 0 saturated carbocycles. The number of rotatable bonds is 10. The van der Waals surface area contributed by atoms with Crippen LogP contribution >= 0.6 is 0 Å². The number of hydrogen-bond donors (Lipinski definition) is 0. The van der Waals surface area contributed by atoms with E-state index in [1.54, 1.807) is 0 Å². The van der Waals surface area contributed by atoms with Crippen LogP contribution in [0.2, 0.25) is 0 Å². The lowest BCUT2D eigenvalue weighted by Crippen LogP contribution is -2.32. The van der Waals surface area contributed by atoms with Gasteiger partial charge in [0.25, 0.3) is 0 Å². The van der Waals surface area contributed by atoms with Gasteiger partial charge in [0.1, 0.15) is 0 Å². The smallest absolute Gasteiger partial charge is 0.326 e. The summed E-state index contributed by atoms with van der Waals surface area (Å²) in [4.78, 5) is 12.3. The lowest BCUT2D eigenvalue weighted by Gasteiger charge is -2.27. The van der Waals surface area contributed by atoms with Crippen LogP contribution in [0.3, 0.4) is 0 Å². The first-order valence-electron chi connectivity index (χ1n) is 8.64. The fourth-order valence-corrected chi connectivity index (χ4v) is 3.08. The molecule has 3 nitrogen and oxygen atoms in total. The Morgan fingerprint density at radius 2 is 1.87 bits per heavy atom. The van der Waals surface area contributed by atoms with E-state index in [0.29, 0.717) is 12.8 Å². The Kier molecular flexibility index (Phi) is 8.40. The number of ether oxygens (including phenoxy) is 1. The van der Waals surface area contributed by atoms with Gasteiger partial charge in [-0.1, -0.05) is 76.3 Å². The fourth-order valence-electron chi connectivity index (χ4n) is 3.08. The predicted molar refractivity (Wildman–Crippen MR) is 92.9 cm³/mol. The topological polar surface area (TPSA) is 50.1 Å². The van der Waals surface area contributed by atoms with Crippen molar-refractivity contribution in [2.75, 3.05) is 7.11 Å². The van der Waals surface area contributed by atoms with Crippen molar-refractivity contribution >= 4 is 5.97 Å². The lowest BCUT2D eigenvalue weighted by molar-refractivity contribution is -0.150. The van der Waals surface area contributed by atoms with Crippen LogP contribution in [0.1, 0.15) is 70.3 Å². The Morgan fingerprint density at radius 3 is 2.43 bits per heavy atom. The standard InChI is InChI=1S/C20H29NO2/c1-4-5-6-7-11-14-20(16-21,19(22)23-3)15-17(2)18-12-9-8-10-13-18/h8-10,12-13,17H,4-7,11,14-15H2,1-3H3/t17-,20-/m1/s1. The molecule has 0 aliphatic carbocycles. The summed E-state index contributed by atoms with van der Waals surface area (Å²) in [5, 5.41) is 9.73. The molecule has 126 valence electrons. The Bertz CT molecular complexity index is 506. The van der Waals surface area contributed by atoms with Crippen LogP contribution in [0.15, 0.2) is 30.3 Å². The molecule has 0 amide bonds. The van der Waals surface area contributed by atoms with E-state index in [4.69, 9.17) is 4.74 Å². The minimum atomic E-state index is -1.03. The Hall–Kier alpha value is -1.82. The highest BCUT2D eigenvalue weighted by Crippen LogP contribution is 2.37. The highest BCUT2D eigenvalue weighted by molar-refractivity contribution is 5.80. The number of nitrogens with zero attached hydrogens (tertiary/aromatic N) is 1. The number of benzene rings is 1. The van der Waals surface area contributed by atoms with Gasteiger partial charge in [-0.3, -0.25) is 4.79 Å². The van der Waals surface area contributed by atoms with E-state index in [2.05, 4.69) is 19.9 Å². The molecule has 0 N–H and O–H groups in total. The van der Waals surface area contributed by atoms with Crippen LogP contribution in [0.5, 0.6) is 0 Å². The summed E-state index contributed by atoms with van der Waals surface area (Å²) in [6, 6.07) is 12.3. The predicted octanol–water partition coefficient (Wildman–Crippen LogP) is 5.22. The van der Waals surface area contributed by atoms with Crippen molar-refractivity contribution < 1.29 is 9.53 Å². The molecule has 0 spiro atoms. The zero-order chi connectivity index (χ0) is 17.1. The van der Waals surface area contributed by atoms with E-state index >= 15 is 0 Å². The molecule has 2 atom stereocenters. The SMILES string of the molecule is CCCCCCC[C@](C#N)(C[C@@H](C)c1ccccc1)C(=O)OC. The first-order valence-corrected chi connectivity index (χ1v) is 8.64. The Morgan fingerprint density at radius 1 is 1.22 bits per heavy atom. The van der Waals surface area contributed by atoms with E-state index in [0.717, 1.165) is 24.8 Å². The average molecular weight is 315 g/mol. The van der Waals surface area contributed by atoms with Crippen molar-refractivity contribution in [3.63, 3.8) is 0 Å². The summed E-state index contributed by atoms with van der Waals surface area (Å²) >= 11 is 0. The minimum Gasteiger partial charge on any atom is -0.468 e. The molecule has 0 aliphatic heterocycles. The third-order valence-electron chi connectivity index (χ3n) is 4.52. The zero-order valence-electron chi connectivity index (χ0n) is 14.7. The van der Waals surface area contributed by atoms with E-state index in [1.807, 2.05) is 30.3 Å². The number of carbonyl (C=O) groups excluding carboxylic acids is 1. The van der Waals surface area contributed by atoms with Crippen LogP contribution < -0.4 is 0 Å². The van der Waals surface area contributed by atoms with Gasteiger partial charge in [0.2, 0.25) is 0 Å². The van der Waals surface area contributed by atoms with Gasteiger partial charge in [0, 0.05) is 0 Å². The minimum absolute atomic E-state index is 0.144. The molecule has 0 heterocycles. The van der Waals surface area contributed by atoms with Crippen LogP contribution in [-0.2, 0) is 9.53 Å². The van der Waals surface area contributed by atoms with Crippen LogP contribution in [0.4, 0.5) is 0 Å². The summed E-state index contributed by atoms with van der Waals surface area (Å²) in [7, 11) is 1.37. The van der Waals surface area contributed by atoms with Gasteiger partial charge in [0.15, 0.2) is 5.41 Å². The number of esters is 1. The molecule has 1 aromatic carbocycles. The number of hydrogen-bond acceptors (Lipinski definition) is 3. The van der Waals surface area contributed by atoms with E-state index < -0.39 is 11.4 Å². The van der Waals surface area contributed by atoms with Gasteiger partial charge in [0.05, 0.1) is 13.2 Å². The van der Waals surface area contributed by atoms with Crippen molar-refractivity contribution in [2.45, 2.75) is 64.7 Å². The number of nitriles is 1. The maximum absolute atomic E-state index is 12.3. The van der Waals surface area contributed by atoms with Gasteiger partial charge in [-0.25, -0.2) is 0 Å². The van der Waals surface area contributed by atoms with Gasteiger partial charge in [-0.2, -0.15) is 5.26 Å². The van der Waals surface area contributed by atoms with Crippen LogP contribution in [0.25, 0.3) is 0 Å². The van der Waals surface area contributed by atoms with E-state index in [1.165, 1.54) is 20.0 Å². The van der Waals surface area contributed by atoms with Crippen LogP contribution in [0, 0.1) is 16.7 Å². The molecule has 0 fully saturated rings. The summed E-state index contributed by atoms with van der Waals surface area (Å²) < 4.78 is 4.96. The van der Waals surface area contributed by atoms with Crippen molar-refractivity contribution in [1.29, 1.82) is 5.26 Å². The van der Waals surface area contributed by atoms with Crippen LogP contribution in [-0.4, -0.2) is 13.1 Å². The normalized spacial score (nSPS) is 14.5. The molecular formula is C20H29NO2. The number of carbonyl (C=O) groups is 1. The number of unbranched alkanes of at least 4 members (excludes halogenated alkanes) is 4. The molecule has 23 heavy (non-hydrogen) atoms. The molecule has 1 aromatic rings. The second-order valence-electron chi connectivity index (χ2n) is 6.37. The largest absolute Gasteiger partial charge is 0.468 e. The molecule has 0 saturated heterocycles. The summed E-state index contributed by atoms with van der Waals surface area (Å²) in [5.41, 5.74) is 0.123. The van der Waals surface area contributed by atoms with Gasteiger partial charge in [-0.15, -0.1) is 0 Å². The van der Waals surface area contributed by atoms with Crippen molar-refractivity contribution in [3.8, 4) is 6.07 Å². The first-order chi connectivity index (χ1) is 11.1. The zero-order valence-corrected chi connectivity index (χ0v) is 14.7. The number of methoxy groups -OCH3 is 1. The Balaban J connectivity index is 2.79. The monoisotopic (exact) mass is 315 g/mol. The van der Waals surface area contributed by atoms with Crippen molar-refractivity contribution in [2.24, 2.45) is 5.41 Å². The van der Waals surface area contributed by atoms with Crippen molar-refractivity contribution in [3.05, 3.63) is 35.9 Å². The summed E-state index contributed by atoms with van der Waals surface area (Å²) in [6.45, 7) is 4.25. The molecule has 0 bridgehead atoms. The molecule has 1 rings (SSSR count). The van der Waals surface area contributed by atoms with Crippen molar-refractivity contribution in [1.82, 2.24) is 0 Å². The third kappa shape index (κ3) is 5.71. The van der Waals surface area contributed by atoms with Gasteiger partial charge in [-0.05, 0) is 24.3 Å². The summed E-state index contributed by atoms with van der Waals surface area (Å²) in [5.74, 6) is -0.246. The lowest BCUT2D eigenvalue weighted by atomic mass is 9.75. The van der Waals surface area contributed by atoms with Gasteiger partial charge >= 0.3 is 5.97 Å². The molecular weight excluding hydrogens is 286 g/mol. The highest BCUT2D eigenvalue weighted by atomic mass is 16.5. The molecule has 0 radical (unpaired) electrons. The van der Waals surface area contributed by atoms with E-state index in [9.17, 15) is 10.1 Å². The maximum atomic E-state index is 12.3. The quantitative estimate of drug-likeness (QED) is 0.439. The van der Waals surface area contributed by atoms with E-state index in [-0.39, 0.29) is 5.92 Å². The second-order valence-corrected chi connectivity index (χ2v) is 6.37. The summed E-state index contributed by atoms with van der Waals surface area (Å²) in [6.07, 6.45) is 6.60.